The Bertz CT molecular complexity index is 128. The summed E-state index contributed by atoms with van der Waals surface area (Å²) in [5, 5.41) is 0. The van der Waals surface area contributed by atoms with Crippen LogP contribution in [-0.4, -0.2) is 72.6 Å². The van der Waals surface area contributed by atoms with Gasteiger partial charge in [0.2, 0.25) is 0 Å². The fourth-order valence-electron chi connectivity index (χ4n) is 0. The Labute approximate surface area is 97.3 Å². The van der Waals surface area contributed by atoms with Gasteiger partial charge in [-0.25, -0.2) is 9.13 Å². The second-order valence-electron chi connectivity index (χ2n) is 1.03. The predicted octanol–water partition coefficient (Wildman–Crippen LogP) is -3.98. The summed E-state index contributed by atoms with van der Waals surface area (Å²) in [7, 11) is -9.28. The summed E-state index contributed by atoms with van der Waals surface area (Å²) in [4.78, 5) is 43.1. The third kappa shape index (κ3) is 916. The zero-order chi connectivity index (χ0) is 9.00. The van der Waals surface area contributed by atoms with Gasteiger partial charge in [0.05, 0.1) is 0 Å². The summed E-state index contributed by atoms with van der Waals surface area (Å²) in [5.41, 5.74) is 0. The van der Waals surface area contributed by atoms with Crippen LogP contribution in [0.3, 0.4) is 0 Å². The molecule has 0 aliphatic rings. The number of hydrogen-bond acceptors (Lipinski definition) is 2. The molecule has 0 heterocycles. The number of rotatable bonds is 0. The molecule has 0 saturated heterocycles. The van der Waals surface area contributed by atoms with Gasteiger partial charge in [-0.2, -0.15) is 0 Å². The minimum atomic E-state index is -4.64. The van der Waals surface area contributed by atoms with Gasteiger partial charge in [-0.05, 0) is 0 Å². The van der Waals surface area contributed by atoms with Crippen LogP contribution >= 0.6 is 15.6 Å². The molecule has 13 heteroatoms. The third-order valence-corrected chi connectivity index (χ3v) is 0. The molecule has 8 N–H and O–H groups in total. The maximum absolute atomic E-state index is 8.88. The Morgan fingerprint density at radius 3 is 0.615 bits per heavy atom. The van der Waals surface area contributed by atoms with Gasteiger partial charge in [0.15, 0.2) is 0 Å². The van der Waals surface area contributed by atoms with E-state index in [0.29, 0.717) is 0 Å². The monoisotopic (exact) mass is 230 g/mol. The molecule has 0 amide bonds. The van der Waals surface area contributed by atoms with E-state index < -0.39 is 15.6 Å². The van der Waals surface area contributed by atoms with Gasteiger partial charge in [-0.15, -0.1) is 0 Å². The Kier molecular flexibility index (Phi) is 25.8. The Balaban J connectivity index is -0.0000000267. The molecule has 0 fully saturated rings. The fourth-order valence-corrected chi connectivity index (χ4v) is 0. The van der Waals surface area contributed by atoms with Crippen molar-refractivity contribution in [2.24, 2.45) is 0 Å². The van der Waals surface area contributed by atoms with E-state index >= 15 is 0 Å². The number of hydrogen-bond donors (Lipinski definition) is 6. The molecular weight excluding hydrogens is 220 g/mol. The Hall–Kier alpha value is 1.37. The van der Waals surface area contributed by atoms with Crippen LogP contribution in [0.25, 0.3) is 0 Å². The van der Waals surface area contributed by atoms with Crippen LogP contribution in [0.4, 0.5) is 0 Å². The second kappa shape index (κ2) is 11.4. The average molecular weight is 230 g/mol. The normalized spacial score (nSPS) is 9.08. The molecule has 0 aromatic carbocycles. The zero-order valence-electron chi connectivity index (χ0n) is 4.89. The van der Waals surface area contributed by atoms with Crippen LogP contribution in [0.2, 0.25) is 0 Å². The molecule has 0 rings (SSSR count). The zero-order valence-corrected chi connectivity index (χ0v) is 6.68. The van der Waals surface area contributed by atoms with Gasteiger partial charge in [0, 0.05) is 0 Å². The summed E-state index contributed by atoms with van der Waals surface area (Å²) in [6.45, 7) is 0. The minimum absolute atomic E-state index is 0. The van der Waals surface area contributed by atoms with Gasteiger partial charge in [-0.3, -0.25) is 0 Å². The maximum atomic E-state index is 8.88. The molecule has 0 radical (unpaired) electrons. The molecule has 0 bridgehead atoms. The van der Waals surface area contributed by atoms with E-state index in [1.165, 1.54) is 0 Å². The van der Waals surface area contributed by atoms with Crippen molar-refractivity contribution in [1.29, 1.82) is 0 Å². The molecule has 0 aromatic heterocycles. The van der Waals surface area contributed by atoms with Crippen molar-refractivity contribution in [1.82, 2.24) is 0 Å². The predicted molar refractivity (Wildman–Crippen MR) is 46.4 cm³/mol. The SMILES string of the molecule is O.O=P(O)(O)O.O=P(O)(O)O.[LiH].[LiH]. The molecule has 0 atom stereocenters. The molecule has 9 nitrogen and oxygen atoms in total. The molecule has 76 valence electrons. The fraction of sp³-hybridized carbons (Fsp3) is 0. The summed E-state index contributed by atoms with van der Waals surface area (Å²) in [6, 6.07) is 0. The van der Waals surface area contributed by atoms with Gasteiger partial charge >= 0.3 is 53.4 Å². The first kappa shape index (κ1) is 29.3. The van der Waals surface area contributed by atoms with E-state index in [1.54, 1.807) is 0 Å². The van der Waals surface area contributed by atoms with Crippen molar-refractivity contribution < 1.29 is 44.0 Å². The molecule has 0 saturated carbocycles. The second-order valence-corrected chi connectivity index (χ2v) is 3.08. The van der Waals surface area contributed by atoms with Crippen LogP contribution in [-0.2, 0) is 9.13 Å². The Morgan fingerprint density at radius 2 is 0.615 bits per heavy atom. The molecule has 13 heavy (non-hydrogen) atoms. The van der Waals surface area contributed by atoms with Crippen molar-refractivity contribution in [3.8, 4) is 0 Å². The average Bonchev–Trinajstić information content (AvgIpc) is 1.12. The van der Waals surface area contributed by atoms with Crippen LogP contribution in [0.1, 0.15) is 0 Å². The van der Waals surface area contributed by atoms with Crippen LogP contribution < -0.4 is 0 Å². The summed E-state index contributed by atoms with van der Waals surface area (Å²) in [6.07, 6.45) is 0. The summed E-state index contributed by atoms with van der Waals surface area (Å²) >= 11 is 0. The Morgan fingerprint density at radius 1 is 0.615 bits per heavy atom. The first-order valence-corrected chi connectivity index (χ1v) is 4.70. The van der Waals surface area contributed by atoms with E-state index in [-0.39, 0.29) is 43.2 Å². The van der Waals surface area contributed by atoms with Crippen molar-refractivity contribution in [2.45, 2.75) is 0 Å². The van der Waals surface area contributed by atoms with E-state index in [0.717, 1.165) is 0 Å². The van der Waals surface area contributed by atoms with Crippen molar-refractivity contribution in [2.75, 3.05) is 0 Å². The van der Waals surface area contributed by atoms with E-state index in [9.17, 15) is 0 Å². The molecule has 0 unspecified atom stereocenters. The molecular formula is H10Li2O9P2. The number of phosphoric acid groups is 2. The van der Waals surface area contributed by atoms with Crippen molar-refractivity contribution >= 4 is 53.4 Å². The molecule has 0 aliphatic carbocycles. The summed E-state index contributed by atoms with van der Waals surface area (Å²) in [5.74, 6) is 0. The van der Waals surface area contributed by atoms with Crippen molar-refractivity contribution in [3.63, 3.8) is 0 Å². The van der Waals surface area contributed by atoms with Gasteiger partial charge in [-0.1, -0.05) is 0 Å². The van der Waals surface area contributed by atoms with Crippen LogP contribution in [0, 0.1) is 0 Å². The molecule has 0 aliphatic heterocycles. The van der Waals surface area contributed by atoms with Gasteiger partial charge in [0.1, 0.15) is 0 Å². The van der Waals surface area contributed by atoms with E-state index in [1.807, 2.05) is 0 Å². The van der Waals surface area contributed by atoms with E-state index in [2.05, 4.69) is 0 Å². The standard InChI is InChI=1S/2Li.2H3O4P.H2O.2H/c;;2*1-5(2,3)4;;;/h;;2*(H3,1,2,3,4);1H2;;. The van der Waals surface area contributed by atoms with Crippen LogP contribution in [0.5, 0.6) is 0 Å². The molecule has 0 spiro atoms. The van der Waals surface area contributed by atoms with Gasteiger partial charge < -0.3 is 34.8 Å². The third-order valence-electron chi connectivity index (χ3n) is 0. The first-order chi connectivity index (χ1) is 4.00. The topological polar surface area (TPSA) is 187 Å². The first-order valence-electron chi connectivity index (χ1n) is 1.57. The van der Waals surface area contributed by atoms with E-state index in [4.69, 9.17) is 38.5 Å². The quantitative estimate of drug-likeness (QED) is 0.179. The summed E-state index contributed by atoms with van der Waals surface area (Å²) < 4.78 is 17.8. The molecule has 0 aromatic rings. The van der Waals surface area contributed by atoms with Gasteiger partial charge in [0.25, 0.3) is 0 Å². The van der Waals surface area contributed by atoms with Crippen molar-refractivity contribution in [3.05, 3.63) is 0 Å². The van der Waals surface area contributed by atoms with Crippen LogP contribution in [0.15, 0.2) is 0 Å².